The van der Waals surface area contributed by atoms with Crippen LogP contribution in [0.1, 0.15) is 45.2 Å². The minimum absolute atomic E-state index is 0.232. The molecule has 0 fully saturated rings. The lowest BCUT2D eigenvalue weighted by Crippen LogP contribution is -2.23. The van der Waals surface area contributed by atoms with Gasteiger partial charge in [0.15, 0.2) is 0 Å². The van der Waals surface area contributed by atoms with Crippen molar-refractivity contribution >= 4 is 23.2 Å². The van der Waals surface area contributed by atoms with Crippen LogP contribution < -0.4 is 10.1 Å². The Kier molecular flexibility index (Phi) is 6.98. The molecule has 19 heavy (non-hydrogen) atoms. The number of hydrogen-bond donors (Lipinski definition) is 1. The molecular formula is C15H23Cl2NO. The Morgan fingerprint density at radius 3 is 2.42 bits per heavy atom. The minimum atomic E-state index is 0.232. The van der Waals surface area contributed by atoms with Crippen LogP contribution in [0.2, 0.25) is 10.0 Å². The van der Waals surface area contributed by atoms with Crippen LogP contribution in [0.4, 0.5) is 0 Å². The van der Waals surface area contributed by atoms with Crippen molar-refractivity contribution in [2.24, 2.45) is 5.92 Å². The van der Waals surface area contributed by atoms with Crippen molar-refractivity contribution in [1.29, 1.82) is 0 Å². The van der Waals surface area contributed by atoms with Crippen molar-refractivity contribution < 1.29 is 4.74 Å². The van der Waals surface area contributed by atoms with Crippen LogP contribution in [0.5, 0.6) is 5.75 Å². The summed E-state index contributed by atoms with van der Waals surface area (Å²) in [7, 11) is 1.60. The molecule has 0 heterocycles. The van der Waals surface area contributed by atoms with Crippen LogP contribution in [0.25, 0.3) is 0 Å². The Morgan fingerprint density at radius 1 is 1.21 bits per heavy atom. The third kappa shape index (κ3) is 4.55. The van der Waals surface area contributed by atoms with Gasteiger partial charge in [0, 0.05) is 17.1 Å². The van der Waals surface area contributed by atoms with Crippen molar-refractivity contribution in [3.63, 3.8) is 0 Å². The molecule has 1 rings (SSSR count). The molecule has 0 aliphatic rings. The number of rotatable bonds is 7. The summed E-state index contributed by atoms with van der Waals surface area (Å²) in [5.41, 5.74) is 1.05. The van der Waals surface area contributed by atoms with Crippen LogP contribution in [-0.4, -0.2) is 13.7 Å². The standard InChI is InChI=1S/C15H23Cl2NO/c1-5-10(3)7-14(18-6-2)11-8-13(17)15(19-4)9-12(11)16/h8-10,14,18H,5-7H2,1-4H3. The zero-order chi connectivity index (χ0) is 14.4. The largest absolute Gasteiger partial charge is 0.495 e. The molecule has 0 amide bonds. The van der Waals surface area contributed by atoms with Gasteiger partial charge in [0.25, 0.3) is 0 Å². The van der Waals surface area contributed by atoms with E-state index in [0.29, 0.717) is 21.7 Å². The molecule has 108 valence electrons. The van der Waals surface area contributed by atoms with Gasteiger partial charge < -0.3 is 10.1 Å². The van der Waals surface area contributed by atoms with Gasteiger partial charge in [-0.05, 0) is 30.5 Å². The zero-order valence-electron chi connectivity index (χ0n) is 12.1. The number of benzene rings is 1. The molecule has 2 nitrogen and oxygen atoms in total. The zero-order valence-corrected chi connectivity index (χ0v) is 13.6. The van der Waals surface area contributed by atoms with Gasteiger partial charge in [0.2, 0.25) is 0 Å². The summed E-state index contributed by atoms with van der Waals surface area (Å²) in [6.07, 6.45) is 2.20. The average Bonchev–Trinajstić information content (AvgIpc) is 2.40. The lowest BCUT2D eigenvalue weighted by molar-refractivity contribution is 0.404. The van der Waals surface area contributed by atoms with Gasteiger partial charge in [-0.15, -0.1) is 0 Å². The quantitative estimate of drug-likeness (QED) is 0.757. The molecule has 1 aromatic rings. The van der Waals surface area contributed by atoms with E-state index in [-0.39, 0.29) is 6.04 Å². The highest BCUT2D eigenvalue weighted by atomic mass is 35.5. The highest BCUT2D eigenvalue weighted by Crippen LogP contribution is 2.36. The van der Waals surface area contributed by atoms with Gasteiger partial charge in [-0.3, -0.25) is 0 Å². The summed E-state index contributed by atoms with van der Waals surface area (Å²) in [5.74, 6) is 1.26. The molecule has 2 unspecified atom stereocenters. The maximum Gasteiger partial charge on any atom is 0.138 e. The van der Waals surface area contributed by atoms with E-state index in [1.54, 1.807) is 13.2 Å². The molecule has 0 aromatic heterocycles. The van der Waals surface area contributed by atoms with E-state index >= 15 is 0 Å². The number of nitrogens with one attached hydrogen (secondary N) is 1. The first-order valence-electron chi connectivity index (χ1n) is 6.79. The normalized spacial score (nSPS) is 14.2. The molecule has 0 aliphatic carbocycles. The third-order valence-corrected chi connectivity index (χ3v) is 4.05. The van der Waals surface area contributed by atoms with Crippen LogP contribution in [0.3, 0.4) is 0 Å². The number of halogens is 2. The Bertz CT molecular complexity index is 409. The maximum absolute atomic E-state index is 6.36. The molecule has 1 N–H and O–H groups in total. The second kappa shape index (κ2) is 7.98. The molecule has 4 heteroatoms. The van der Waals surface area contributed by atoms with Gasteiger partial charge in [0.1, 0.15) is 5.75 Å². The molecule has 0 saturated carbocycles. The van der Waals surface area contributed by atoms with Crippen molar-refractivity contribution in [3.8, 4) is 5.75 Å². The van der Waals surface area contributed by atoms with Gasteiger partial charge >= 0.3 is 0 Å². The molecule has 0 spiro atoms. The number of hydrogen-bond acceptors (Lipinski definition) is 2. The molecular weight excluding hydrogens is 281 g/mol. The first-order valence-corrected chi connectivity index (χ1v) is 7.55. The van der Waals surface area contributed by atoms with Gasteiger partial charge in [-0.2, -0.15) is 0 Å². The van der Waals surface area contributed by atoms with Crippen LogP contribution in [-0.2, 0) is 0 Å². The smallest absolute Gasteiger partial charge is 0.138 e. The fourth-order valence-corrected chi connectivity index (χ4v) is 2.64. The summed E-state index contributed by atoms with van der Waals surface area (Å²) in [6.45, 7) is 7.46. The molecule has 1 aromatic carbocycles. The fourth-order valence-electron chi connectivity index (χ4n) is 2.10. The lowest BCUT2D eigenvalue weighted by Gasteiger charge is -2.23. The third-order valence-electron chi connectivity index (χ3n) is 3.43. The number of methoxy groups -OCH3 is 1. The summed E-state index contributed by atoms with van der Waals surface area (Å²) >= 11 is 12.6. The minimum Gasteiger partial charge on any atom is -0.495 e. The molecule has 0 radical (unpaired) electrons. The van der Waals surface area contributed by atoms with Gasteiger partial charge in [0.05, 0.1) is 12.1 Å². The molecule has 2 atom stereocenters. The van der Waals surface area contributed by atoms with E-state index in [0.717, 1.165) is 24.9 Å². The summed E-state index contributed by atoms with van der Waals surface area (Å²) in [4.78, 5) is 0. The first-order chi connectivity index (χ1) is 9.03. The Balaban J connectivity index is 3.04. The first kappa shape index (κ1) is 16.6. The highest BCUT2D eigenvalue weighted by molar-refractivity contribution is 6.34. The summed E-state index contributed by atoms with van der Waals surface area (Å²) in [6, 6.07) is 3.94. The van der Waals surface area contributed by atoms with E-state index < -0.39 is 0 Å². The second-order valence-electron chi connectivity index (χ2n) is 4.87. The van der Waals surface area contributed by atoms with Crippen molar-refractivity contribution in [3.05, 3.63) is 27.7 Å². The average molecular weight is 304 g/mol. The summed E-state index contributed by atoms with van der Waals surface area (Å²) in [5, 5.41) is 4.80. The van der Waals surface area contributed by atoms with E-state index in [1.165, 1.54) is 0 Å². The van der Waals surface area contributed by atoms with Crippen molar-refractivity contribution in [2.45, 2.75) is 39.7 Å². The topological polar surface area (TPSA) is 21.3 Å². The Hall–Kier alpha value is -0.440. The monoisotopic (exact) mass is 303 g/mol. The lowest BCUT2D eigenvalue weighted by atomic mass is 9.94. The van der Waals surface area contributed by atoms with Crippen LogP contribution in [0.15, 0.2) is 12.1 Å². The highest BCUT2D eigenvalue weighted by Gasteiger charge is 2.18. The SMILES string of the molecule is CCNC(CC(C)CC)c1cc(Cl)c(OC)cc1Cl. The van der Waals surface area contributed by atoms with Crippen LogP contribution in [0, 0.1) is 5.92 Å². The molecule has 0 saturated heterocycles. The number of ether oxygens (including phenoxy) is 1. The Morgan fingerprint density at radius 2 is 1.89 bits per heavy atom. The summed E-state index contributed by atoms with van der Waals surface area (Å²) < 4.78 is 5.19. The van der Waals surface area contributed by atoms with Gasteiger partial charge in [-0.1, -0.05) is 50.4 Å². The second-order valence-corrected chi connectivity index (χ2v) is 5.68. The van der Waals surface area contributed by atoms with E-state index in [1.807, 2.05) is 6.07 Å². The molecule has 0 bridgehead atoms. The fraction of sp³-hybridized carbons (Fsp3) is 0.600. The predicted molar refractivity (Wildman–Crippen MR) is 83.5 cm³/mol. The van der Waals surface area contributed by atoms with E-state index in [9.17, 15) is 0 Å². The van der Waals surface area contributed by atoms with Crippen molar-refractivity contribution in [1.82, 2.24) is 5.32 Å². The van der Waals surface area contributed by atoms with Crippen LogP contribution >= 0.6 is 23.2 Å². The maximum atomic E-state index is 6.36. The van der Waals surface area contributed by atoms with Gasteiger partial charge in [-0.25, -0.2) is 0 Å². The Labute approximate surface area is 126 Å². The van der Waals surface area contributed by atoms with Crippen molar-refractivity contribution in [2.75, 3.05) is 13.7 Å². The molecule has 0 aliphatic heterocycles. The van der Waals surface area contributed by atoms with E-state index in [2.05, 4.69) is 26.1 Å². The van der Waals surface area contributed by atoms with E-state index in [4.69, 9.17) is 27.9 Å². The predicted octanol–water partition coefficient (Wildman–Crippen LogP) is 5.09.